The molecule has 0 aliphatic heterocycles. The second kappa shape index (κ2) is 5.16. The van der Waals surface area contributed by atoms with E-state index in [2.05, 4.69) is 15.2 Å². The number of benzene rings is 1. The van der Waals surface area contributed by atoms with Crippen LogP contribution in [0.1, 0.15) is 11.4 Å². The number of rotatable bonds is 3. The van der Waals surface area contributed by atoms with Gasteiger partial charge in [-0.25, -0.2) is 0 Å². The average Bonchev–Trinajstić information content (AvgIpc) is 2.82. The minimum Gasteiger partial charge on any atom is -0.272 e. The van der Waals surface area contributed by atoms with Crippen molar-refractivity contribution in [2.24, 2.45) is 0 Å². The molecule has 0 unspecified atom stereocenters. The van der Waals surface area contributed by atoms with Crippen LogP contribution < -0.4 is 0 Å². The van der Waals surface area contributed by atoms with Crippen LogP contribution >= 0.6 is 12.2 Å². The second-order valence-electron chi connectivity index (χ2n) is 4.15. The molecule has 5 heteroatoms. The van der Waals surface area contributed by atoms with Gasteiger partial charge < -0.3 is 0 Å². The molecule has 94 valence electrons. The summed E-state index contributed by atoms with van der Waals surface area (Å²) in [5, 5.41) is 7.17. The molecule has 19 heavy (non-hydrogen) atoms. The van der Waals surface area contributed by atoms with Gasteiger partial charge in [-0.2, -0.15) is 5.10 Å². The predicted molar refractivity (Wildman–Crippen MR) is 75.8 cm³/mol. The lowest BCUT2D eigenvalue weighted by molar-refractivity contribution is 0.900. The molecule has 0 amide bonds. The smallest absolute Gasteiger partial charge is 0.199 e. The van der Waals surface area contributed by atoms with Crippen LogP contribution in [0.15, 0.2) is 54.9 Å². The van der Waals surface area contributed by atoms with Crippen molar-refractivity contribution in [3.8, 4) is 5.69 Å². The van der Waals surface area contributed by atoms with Crippen molar-refractivity contribution in [1.82, 2.24) is 19.7 Å². The number of hydrogen-bond donors (Lipinski definition) is 1. The fourth-order valence-corrected chi connectivity index (χ4v) is 2.23. The van der Waals surface area contributed by atoms with E-state index in [9.17, 15) is 0 Å². The Morgan fingerprint density at radius 1 is 1.05 bits per heavy atom. The van der Waals surface area contributed by atoms with Gasteiger partial charge in [-0.15, -0.1) is 0 Å². The molecule has 2 heterocycles. The molecule has 4 nitrogen and oxygen atoms in total. The van der Waals surface area contributed by atoms with Gasteiger partial charge in [0, 0.05) is 24.5 Å². The molecule has 0 saturated carbocycles. The molecule has 1 N–H and O–H groups in total. The Bertz CT molecular complexity index is 716. The molecule has 0 fully saturated rings. The number of nitrogens with one attached hydrogen (secondary N) is 1. The Hall–Kier alpha value is -2.27. The summed E-state index contributed by atoms with van der Waals surface area (Å²) in [5.41, 5.74) is 2.17. The maximum Gasteiger partial charge on any atom is 0.199 e. The molecular weight excluding hydrogens is 256 g/mol. The predicted octanol–water partition coefficient (Wildman–Crippen LogP) is 2.92. The van der Waals surface area contributed by atoms with Crippen LogP contribution in [-0.2, 0) is 6.42 Å². The molecule has 2 aromatic heterocycles. The monoisotopic (exact) mass is 268 g/mol. The first kappa shape index (κ1) is 11.8. The summed E-state index contributed by atoms with van der Waals surface area (Å²) in [5.74, 6) is 0.891. The van der Waals surface area contributed by atoms with Crippen molar-refractivity contribution in [2.45, 2.75) is 6.42 Å². The van der Waals surface area contributed by atoms with Crippen molar-refractivity contribution in [3.63, 3.8) is 0 Å². The van der Waals surface area contributed by atoms with Crippen LogP contribution in [0.3, 0.4) is 0 Å². The third-order valence-electron chi connectivity index (χ3n) is 2.87. The van der Waals surface area contributed by atoms with Crippen LogP contribution in [0.2, 0.25) is 0 Å². The molecule has 3 aromatic rings. The summed E-state index contributed by atoms with van der Waals surface area (Å²) in [7, 11) is 0. The number of nitrogens with zero attached hydrogens (tertiary/aromatic N) is 3. The van der Waals surface area contributed by atoms with Crippen LogP contribution in [0, 0.1) is 4.77 Å². The van der Waals surface area contributed by atoms with Crippen LogP contribution in [-0.4, -0.2) is 19.7 Å². The zero-order valence-electron chi connectivity index (χ0n) is 10.2. The van der Waals surface area contributed by atoms with Crippen LogP contribution in [0.25, 0.3) is 5.69 Å². The van der Waals surface area contributed by atoms with Gasteiger partial charge in [-0.3, -0.25) is 14.6 Å². The largest absolute Gasteiger partial charge is 0.272 e. The molecule has 0 atom stereocenters. The minimum atomic E-state index is 0.607. The van der Waals surface area contributed by atoms with Crippen LogP contribution in [0.5, 0.6) is 0 Å². The number of hydrogen-bond acceptors (Lipinski definition) is 3. The zero-order valence-corrected chi connectivity index (χ0v) is 11.0. The standard InChI is InChI=1S/C14H12N4S/c19-14-17-16-13(10-11-6-8-15-9-7-11)18(14)12-4-2-1-3-5-12/h1-9H,10H2,(H,17,19). The molecule has 0 spiro atoms. The van der Waals surface area contributed by atoms with Gasteiger partial charge in [-0.1, -0.05) is 18.2 Å². The normalized spacial score (nSPS) is 10.5. The van der Waals surface area contributed by atoms with E-state index in [-0.39, 0.29) is 0 Å². The summed E-state index contributed by atoms with van der Waals surface area (Å²) in [6.45, 7) is 0. The highest BCUT2D eigenvalue weighted by molar-refractivity contribution is 7.71. The molecule has 0 aliphatic carbocycles. The van der Waals surface area contributed by atoms with Crippen molar-refractivity contribution < 1.29 is 0 Å². The lowest BCUT2D eigenvalue weighted by atomic mass is 10.2. The van der Waals surface area contributed by atoms with Gasteiger partial charge >= 0.3 is 0 Å². The molecule has 0 bridgehead atoms. The number of aromatic amines is 1. The Morgan fingerprint density at radius 3 is 2.53 bits per heavy atom. The number of aromatic nitrogens is 4. The molecule has 1 aromatic carbocycles. The van der Waals surface area contributed by atoms with Gasteiger partial charge in [-0.05, 0) is 42.0 Å². The summed E-state index contributed by atoms with van der Waals surface area (Å²) < 4.78 is 2.56. The third-order valence-corrected chi connectivity index (χ3v) is 3.14. The van der Waals surface area contributed by atoms with E-state index in [0.29, 0.717) is 11.2 Å². The fourth-order valence-electron chi connectivity index (χ4n) is 1.97. The highest BCUT2D eigenvalue weighted by Crippen LogP contribution is 2.13. The van der Waals surface area contributed by atoms with Gasteiger partial charge in [0.2, 0.25) is 0 Å². The Morgan fingerprint density at radius 2 is 1.79 bits per heavy atom. The van der Waals surface area contributed by atoms with Gasteiger partial charge in [0.1, 0.15) is 5.82 Å². The van der Waals surface area contributed by atoms with Gasteiger partial charge in [0.25, 0.3) is 0 Å². The van der Waals surface area contributed by atoms with Crippen LogP contribution in [0.4, 0.5) is 0 Å². The van der Waals surface area contributed by atoms with E-state index in [1.807, 2.05) is 47.0 Å². The topological polar surface area (TPSA) is 46.5 Å². The number of para-hydroxylation sites is 1. The highest BCUT2D eigenvalue weighted by atomic mass is 32.1. The molecular formula is C14H12N4S. The molecule has 0 saturated heterocycles. The minimum absolute atomic E-state index is 0.607. The first-order valence-corrected chi connectivity index (χ1v) is 6.36. The average molecular weight is 268 g/mol. The second-order valence-corrected chi connectivity index (χ2v) is 4.53. The first-order chi connectivity index (χ1) is 9.34. The summed E-state index contributed by atoms with van der Waals surface area (Å²) in [4.78, 5) is 4.02. The van der Waals surface area contributed by atoms with Crippen molar-refractivity contribution in [2.75, 3.05) is 0 Å². The molecule has 0 aliphatic rings. The summed E-state index contributed by atoms with van der Waals surface area (Å²) in [6.07, 6.45) is 4.28. The van der Waals surface area contributed by atoms with E-state index >= 15 is 0 Å². The SMILES string of the molecule is S=c1[nH]nc(Cc2ccncc2)n1-c1ccccc1. The Labute approximate surface area is 115 Å². The Kier molecular flexibility index (Phi) is 3.20. The quantitative estimate of drug-likeness (QED) is 0.743. The lowest BCUT2D eigenvalue weighted by Crippen LogP contribution is -2.02. The van der Waals surface area contributed by atoms with Crippen molar-refractivity contribution in [3.05, 3.63) is 71.0 Å². The van der Waals surface area contributed by atoms with E-state index < -0.39 is 0 Å². The van der Waals surface area contributed by atoms with Gasteiger partial charge in [0.05, 0.1) is 0 Å². The zero-order chi connectivity index (χ0) is 13.1. The maximum absolute atomic E-state index is 5.30. The number of pyridine rings is 1. The van der Waals surface area contributed by atoms with E-state index in [0.717, 1.165) is 17.1 Å². The maximum atomic E-state index is 5.30. The first-order valence-electron chi connectivity index (χ1n) is 5.95. The molecule has 3 rings (SSSR count). The lowest BCUT2D eigenvalue weighted by Gasteiger charge is -2.06. The summed E-state index contributed by atoms with van der Waals surface area (Å²) >= 11 is 5.30. The highest BCUT2D eigenvalue weighted by Gasteiger charge is 2.08. The van der Waals surface area contributed by atoms with E-state index in [1.54, 1.807) is 12.4 Å². The molecule has 0 radical (unpaired) electrons. The van der Waals surface area contributed by atoms with E-state index in [4.69, 9.17) is 12.2 Å². The van der Waals surface area contributed by atoms with E-state index in [1.165, 1.54) is 0 Å². The van der Waals surface area contributed by atoms with Crippen molar-refractivity contribution in [1.29, 1.82) is 0 Å². The Balaban J connectivity index is 2.03. The third kappa shape index (κ3) is 2.46. The summed E-state index contributed by atoms with van der Waals surface area (Å²) in [6, 6.07) is 13.9. The fraction of sp³-hybridized carbons (Fsp3) is 0.0714. The number of H-pyrrole nitrogens is 1. The van der Waals surface area contributed by atoms with Gasteiger partial charge in [0.15, 0.2) is 4.77 Å². The van der Waals surface area contributed by atoms with Crippen molar-refractivity contribution >= 4 is 12.2 Å².